The first-order valence-corrected chi connectivity index (χ1v) is 15.5. The lowest BCUT2D eigenvalue weighted by Gasteiger charge is -2.51. The highest BCUT2D eigenvalue weighted by Crippen LogP contribution is 2.79. The van der Waals surface area contributed by atoms with Crippen molar-refractivity contribution in [2.45, 2.75) is 82.4 Å². The van der Waals surface area contributed by atoms with Gasteiger partial charge in [0.25, 0.3) is 0 Å². The van der Waals surface area contributed by atoms with Gasteiger partial charge in [-0.2, -0.15) is 0 Å². The van der Waals surface area contributed by atoms with E-state index in [9.17, 15) is 15.0 Å². The van der Waals surface area contributed by atoms with Crippen LogP contribution >= 0.6 is 7.26 Å². The van der Waals surface area contributed by atoms with Gasteiger partial charge in [-0.15, -0.1) is 0 Å². The first-order chi connectivity index (χ1) is 16.3. The minimum absolute atomic E-state index is 0.0128. The van der Waals surface area contributed by atoms with E-state index in [0.29, 0.717) is 37.6 Å². The zero-order valence-corrected chi connectivity index (χ0v) is 21.6. The van der Waals surface area contributed by atoms with Crippen LogP contribution in [-0.2, 0) is 4.79 Å². The number of ether oxygens (including phenoxy) is 1. The SMILES string of the molecule is Cc1ccc(O)c2c1[P+]13CCN(CC4CC4)C(C)C1(O)CCN(C(=O)CC1CCCC1)C[C@@H]3O2. The zero-order valence-electron chi connectivity index (χ0n) is 20.7. The maximum Gasteiger partial charge on any atom is 0.231 e. The fourth-order valence-electron chi connectivity index (χ4n) is 7.50. The fourth-order valence-corrected chi connectivity index (χ4v) is 13.5. The van der Waals surface area contributed by atoms with Gasteiger partial charge >= 0.3 is 0 Å². The van der Waals surface area contributed by atoms with E-state index in [-0.39, 0.29) is 23.5 Å². The van der Waals surface area contributed by atoms with E-state index in [1.54, 1.807) is 6.07 Å². The van der Waals surface area contributed by atoms with Crippen molar-refractivity contribution in [3.8, 4) is 11.5 Å². The van der Waals surface area contributed by atoms with E-state index in [4.69, 9.17) is 4.74 Å². The van der Waals surface area contributed by atoms with Crippen LogP contribution in [0.4, 0.5) is 0 Å². The number of rotatable bonds is 4. The lowest BCUT2D eigenvalue weighted by atomic mass is 10.0. The van der Waals surface area contributed by atoms with Gasteiger partial charge in [0.2, 0.25) is 17.5 Å². The monoisotopic (exact) mass is 487 g/mol. The van der Waals surface area contributed by atoms with Gasteiger partial charge in [-0.1, -0.05) is 18.9 Å². The molecule has 7 heteroatoms. The molecule has 0 bridgehead atoms. The van der Waals surface area contributed by atoms with Crippen LogP contribution in [0.25, 0.3) is 0 Å². The van der Waals surface area contributed by atoms with Gasteiger partial charge in [-0.05, 0) is 63.0 Å². The first-order valence-electron chi connectivity index (χ1n) is 13.5. The number of benzene rings is 1. The smallest absolute Gasteiger partial charge is 0.231 e. The van der Waals surface area contributed by atoms with E-state index in [1.165, 1.54) is 25.7 Å². The predicted octanol–water partition coefficient (Wildman–Crippen LogP) is 3.68. The number of phenols is 1. The largest absolute Gasteiger partial charge is 0.504 e. The molecule has 4 fully saturated rings. The molecule has 1 aromatic carbocycles. The fraction of sp³-hybridized carbons (Fsp3) is 0.741. The van der Waals surface area contributed by atoms with Crippen molar-refractivity contribution in [3.05, 3.63) is 17.7 Å². The molecule has 2 saturated heterocycles. The third-order valence-corrected chi connectivity index (χ3v) is 15.2. The average molecular weight is 488 g/mol. The number of aryl methyl sites for hydroxylation is 1. The summed E-state index contributed by atoms with van der Waals surface area (Å²) < 4.78 is 6.58. The van der Waals surface area contributed by atoms with Crippen LogP contribution in [0.2, 0.25) is 0 Å². The summed E-state index contributed by atoms with van der Waals surface area (Å²) in [5, 5.41) is 23.7. The second-order valence-corrected chi connectivity index (χ2v) is 15.7. The Morgan fingerprint density at radius 2 is 1.94 bits per heavy atom. The summed E-state index contributed by atoms with van der Waals surface area (Å²) >= 11 is 0. The van der Waals surface area contributed by atoms with Crippen molar-refractivity contribution in [2.75, 3.05) is 32.3 Å². The van der Waals surface area contributed by atoms with E-state index >= 15 is 0 Å². The lowest BCUT2D eigenvalue weighted by Crippen LogP contribution is -2.61. The number of carbonyl (C=O) groups excluding carboxylic acids is 1. The molecule has 2 N–H and O–H groups in total. The molecule has 0 radical (unpaired) electrons. The third-order valence-electron chi connectivity index (χ3n) is 9.71. The number of nitrogens with zero attached hydrogens (tertiary/aromatic N) is 2. The maximum absolute atomic E-state index is 13.5. The summed E-state index contributed by atoms with van der Waals surface area (Å²) in [4.78, 5) is 18.0. The molecule has 3 unspecified atom stereocenters. The number of phenolic OH excluding ortho intramolecular Hbond substituents is 1. The number of amides is 1. The Labute approximate surface area is 204 Å². The normalized spacial score (nSPS) is 35.9. The van der Waals surface area contributed by atoms with Crippen LogP contribution in [0.3, 0.4) is 0 Å². The number of aliphatic hydroxyl groups is 1. The molecule has 1 aromatic rings. The molecule has 2 saturated carbocycles. The molecular weight excluding hydrogens is 447 g/mol. The molecule has 4 atom stereocenters. The minimum Gasteiger partial charge on any atom is -0.504 e. The van der Waals surface area contributed by atoms with Crippen LogP contribution in [0.5, 0.6) is 11.5 Å². The zero-order chi connectivity index (χ0) is 23.7. The predicted molar refractivity (Wildman–Crippen MR) is 135 cm³/mol. The van der Waals surface area contributed by atoms with Gasteiger partial charge in [-0.25, -0.2) is 0 Å². The quantitative estimate of drug-likeness (QED) is 0.634. The number of hydrogen-bond donors (Lipinski definition) is 2. The molecule has 5 aliphatic rings. The van der Waals surface area contributed by atoms with Crippen LogP contribution in [0.1, 0.15) is 63.9 Å². The van der Waals surface area contributed by atoms with Crippen LogP contribution in [-0.4, -0.2) is 75.5 Å². The Morgan fingerprint density at radius 1 is 1.18 bits per heavy atom. The second kappa shape index (κ2) is 8.35. The van der Waals surface area contributed by atoms with Crippen LogP contribution in [0.15, 0.2) is 12.1 Å². The summed E-state index contributed by atoms with van der Waals surface area (Å²) in [6.45, 7) is 7.44. The van der Waals surface area contributed by atoms with Crippen molar-refractivity contribution in [1.29, 1.82) is 0 Å². The summed E-state index contributed by atoms with van der Waals surface area (Å²) in [7, 11) is -2.26. The second-order valence-electron chi connectivity index (χ2n) is 11.7. The molecule has 0 aromatic heterocycles. The van der Waals surface area contributed by atoms with Gasteiger partial charge in [-0.3, -0.25) is 9.69 Å². The van der Waals surface area contributed by atoms with Crippen molar-refractivity contribution in [1.82, 2.24) is 9.80 Å². The van der Waals surface area contributed by atoms with E-state index < -0.39 is 12.6 Å². The molecule has 6 rings (SSSR count). The molecule has 6 nitrogen and oxygen atoms in total. The van der Waals surface area contributed by atoms with E-state index in [2.05, 4.69) is 18.7 Å². The molecule has 34 heavy (non-hydrogen) atoms. The third kappa shape index (κ3) is 3.43. The van der Waals surface area contributed by atoms with Gasteiger partial charge in [0.15, 0.2) is 11.1 Å². The van der Waals surface area contributed by atoms with E-state index in [1.807, 2.05) is 11.0 Å². The van der Waals surface area contributed by atoms with Gasteiger partial charge in [0, 0.05) is 32.5 Å². The molecule has 3 aliphatic heterocycles. The molecular formula is C27H40N2O4P+. The first kappa shape index (κ1) is 23.1. The standard InChI is InChI=1S/C27H39N2O4P/c1-18-7-10-22(30)25-26(18)34-14-13-28(16-21-8-9-21)19(2)27(34,32)11-12-29(17-24(34)33-25)23(31)15-20-5-3-4-6-20/h7,10,19-21,24,32H,3-6,8-9,11-17H2,1-2H3/p+1/t19?,24-,27?,34?/m1/s1. The molecule has 186 valence electrons. The van der Waals surface area contributed by atoms with Crippen LogP contribution < -0.4 is 10.0 Å². The van der Waals surface area contributed by atoms with Gasteiger partial charge in [0.1, 0.15) is 12.6 Å². The number of aromatic hydroxyl groups is 1. The van der Waals surface area contributed by atoms with Crippen molar-refractivity contribution < 1.29 is 19.7 Å². The summed E-state index contributed by atoms with van der Waals surface area (Å²) in [5.74, 6) is 2.00. The Bertz CT molecular complexity index is 978. The van der Waals surface area contributed by atoms with Crippen molar-refractivity contribution in [3.63, 3.8) is 0 Å². The Hall–Kier alpha value is -1.36. The van der Waals surface area contributed by atoms with Crippen molar-refractivity contribution in [2.24, 2.45) is 11.8 Å². The van der Waals surface area contributed by atoms with Gasteiger partial charge in [0.05, 0.1) is 18.7 Å². The highest BCUT2D eigenvalue weighted by molar-refractivity contribution is 7.85. The summed E-state index contributed by atoms with van der Waals surface area (Å²) in [5.41, 5.74) is 1.11. The molecule has 1 spiro atoms. The average Bonchev–Trinajstić information content (AvgIpc) is 3.40. The summed E-state index contributed by atoms with van der Waals surface area (Å²) in [6, 6.07) is 3.71. The number of fused-ring (bicyclic) bond motifs is 1. The lowest BCUT2D eigenvalue weighted by molar-refractivity contribution is -0.133. The molecule has 3 heterocycles. The Morgan fingerprint density at radius 3 is 2.68 bits per heavy atom. The van der Waals surface area contributed by atoms with Crippen molar-refractivity contribution >= 4 is 18.5 Å². The Kier molecular flexibility index (Phi) is 5.66. The summed E-state index contributed by atoms with van der Waals surface area (Å²) in [6.07, 6.45) is 9.50. The topological polar surface area (TPSA) is 73.2 Å². The van der Waals surface area contributed by atoms with Crippen LogP contribution in [0, 0.1) is 18.8 Å². The molecule has 1 amide bonds. The number of carbonyl (C=O) groups is 1. The highest BCUT2D eigenvalue weighted by atomic mass is 31.2. The minimum atomic E-state index is -2.26. The van der Waals surface area contributed by atoms with Gasteiger partial charge < -0.3 is 19.8 Å². The number of hydrogen-bond acceptors (Lipinski definition) is 5. The van der Waals surface area contributed by atoms with E-state index in [0.717, 1.165) is 48.9 Å². The Balaban J connectivity index is 1.39. The highest BCUT2D eigenvalue weighted by Gasteiger charge is 2.75. The maximum atomic E-state index is 13.5. The molecule has 2 aliphatic carbocycles.